The summed E-state index contributed by atoms with van der Waals surface area (Å²) in [5, 5.41) is 10.8. The maximum Gasteiger partial charge on any atom is 0.229 e. The van der Waals surface area contributed by atoms with E-state index in [2.05, 4.69) is 15.5 Å². The first-order chi connectivity index (χ1) is 6.63. The van der Waals surface area contributed by atoms with Gasteiger partial charge in [0.2, 0.25) is 16.2 Å². The third-order valence-corrected chi connectivity index (χ3v) is 3.04. The van der Waals surface area contributed by atoms with Crippen molar-refractivity contribution in [2.75, 3.05) is 23.1 Å². The number of carbonyl (C=O) groups excluding carboxylic acids is 1. The van der Waals surface area contributed by atoms with Gasteiger partial charge in [0, 0.05) is 11.7 Å². The minimum atomic E-state index is -0.0458. The van der Waals surface area contributed by atoms with E-state index in [9.17, 15) is 4.79 Å². The lowest BCUT2D eigenvalue weighted by Gasteiger charge is -2.07. The molecule has 1 atom stereocenters. The molecule has 5 nitrogen and oxygen atoms in total. The van der Waals surface area contributed by atoms with Crippen LogP contribution in [-0.4, -0.2) is 28.1 Å². The van der Waals surface area contributed by atoms with Crippen LogP contribution in [-0.2, 0) is 4.79 Å². The van der Waals surface area contributed by atoms with Crippen molar-refractivity contribution >= 4 is 39.3 Å². The number of nitrogens with two attached hydrogens (primary N) is 1. The highest BCUT2D eigenvalue weighted by Crippen LogP contribution is 2.17. The Morgan fingerprint density at radius 2 is 2.43 bits per heavy atom. The Kier molecular flexibility index (Phi) is 4.15. The number of aromatic nitrogens is 2. The molecule has 0 bridgehead atoms. The van der Waals surface area contributed by atoms with E-state index in [4.69, 9.17) is 5.73 Å². The number of nitrogen functional groups attached to an aromatic ring is 1. The van der Waals surface area contributed by atoms with Crippen molar-refractivity contribution in [3.05, 3.63) is 0 Å². The maximum absolute atomic E-state index is 11.5. The van der Waals surface area contributed by atoms with Crippen LogP contribution in [0.1, 0.15) is 6.92 Å². The normalized spacial score (nSPS) is 12.4. The predicted molar refractivity (Wildman–Crippen MR) is 60.5 cm³/mol. The van der Waals surface area contributed by atoms with Crippen molar-refractivity contribution in [3.8, 4) is 0 Å². The standard InChI is InChI=1S/C7H12N4OS2/c1-4(3-13-2)5(12)9-7-11-10-6(8)14-7/h4H,3H2,1-2H3,(H2,8,10)(H,9,11,12). The summed E-state index contributed by atoms with van der Waals surface area (Å²) in [7, 11) is 0. The van der Waals surface area contributed by atoms with Gasteiger partial charge in [0.15, 0.2) is 0 Å². The zero-order valence-corrected chi connectivity index (χ0v) is 9.61. The Balaban J connectivity index is 2.48. The summed E-state index contributed by atoms with van der Waals surface area (Å²) < 4.78 is 0. The van der Waals surface area contributed by atoms with Gasteiger partial charge in [-0.3, -0.25) is 4.79 Å². The number of rotatable bonds is 4. The number of hydrogen-bond donors (Lipinski definition) is 2. The zero-order chi connectivity index (χ0) is 10.6. The molecule has 1 aromatic rings. The average Bonchev–Trinajstić information content (AvgIpc) is 2.51. The molecule has 1 unspecified atom stereocenters. The molecular formula is C7H12N4OS2. The Labute approximate surface area is 90.5 Å². The Morgan fingerprint density at radius 1 is 1.71 bits per heavy atom. The van der Waals surface area contributed by atoms with E-state index in [1.54, 1.807) is 11.8 Å². The molecule has 0 saturated heterocycles. The summed E-state index contributed by atoms with van der Waals surface area (Å²) in [5.41, 5.74) is 5.38. The largest absolute Gasteiger partial charge is 0.374 e. The van der Waals surface area contributed by atoms with Gasteiger partial charge < -0.3 is 11.1 Å². The van der Waals surface area contributed by atoms with E-state index in [-0.39, 0.29) is 11.8 Å². The van der Waals surface area contributed by atoms with Gasteiger partial charge in [-0.25, -0.2) is 0 Å². The molecule has 1 rings (SSSR count). The lowest BCUT2D eigenvalue weighted by atomic mass is 10.2. The molecule has 0 aromatic carbocycles. The van der Waals surface area contributed by atoms with Crippen LogP contribution >= 0.6 is 23.1 Å². The molecule has 0 saturated carbocycles. The molecule has 3 N–H and O–H groups in total. The molecule has 1 heterocycles. The van der Waals surface area contributed by atoms with Crippen LogP contribution in [0.4, 0.5) is 10.3 Å². The average molecular weight is 232 g/mol. The van der Waals surface area contributed by atoms with Crippen molar-refractivity contribution in [1.82, 2.24) is 10.2 Å². The maximum atomic E-state index is 11.5. The molecule has 14 heavy (non-hydrogen) atoms. The summed E-state index contributed by atoms with van der Waals surface area (Å²) in [5.74, 6) is 0.714. The van der Waals surface area contributed by atoms with E-state index in [0.29, 0.717) is 10.3 Å². The van der Waals surface area contributed by atoms with Gasteiger partial charge in [0.1, 0.15) is 0 Å². The number of carbonyl (C=O) groups is 1. The second kappa shape index (κ2) is 5.16. The van der Waals surface area contributed by atoms with E-state index >= 15 is 0 Å². The topological polar surface area (TPSA) is 80.9 Å². The van der Waals surface area contributed by atoms with Crippen LogP contribution in [0.25, 0.3) is 0 Å². The lowest BCUT2D eigenvalue weighted by Crippen LogP contribution is -2.21. The van der Waals surface area contributed by atoms with Gasteiger partial charge in [0.25, 0.3) is 0 Å². The first kappa shape index (κ1) is 11.3. The third-order valence-electron chi connectivity index (χ3n) is 1.54. The second-order valence-electron chi connectivity index (χ2n) is 2.79. The smallest absolute Gasteiger partial charge is 0.229 e. The van der Waals surface area contributed by atoms with Gasteiger partial charge in [-0.1, -0.05) is 18.3 Å². The molecule has 0 aliphatic heterocycles. The van der Waals surface area contributed by atoms with Gasteiger partial charge in [0.05, 0.1) is 0 Å². The van der Waals surface area contributed by atoms with Gasteiger partial charge in [-0.15, -0.1) is 10.2 Å². The molecule has 0 radical (unpaired) electrons. The van der Waals surface area contributed by atoms with Crippen LogP contribution in [0, 0.1) is 5.92 Å². The second-order valence-corrected chi connectivity index (χ2v) is 4.71. The SMILES string of the molecule is CSCC(C)C(=O)Nc1nnc(N)s1. The minimum absolute atomic E-state index is 0.0323. The third kappa shape index (κ3) is 3.15. The van der Waals surface area contributed by atoms with Crippen molar-refractivity contribution in [2.45, 2.75) is 6.92 Å². The quantitative estimate of drug-likeness (QED) is 0.811. The number of hydrogen-bond acceptors (Lipinski definition) is 6. The molecule has 7 heteroatoms. The summed E-state index contributed by atoms with van der Waals surface area (Å²) >= 11 is 2.80. The first-order valence-electron chi connectivity index (χ1n) is 4.02. The van der Waals surface area contributed by atoms with Crippen LogP contribution in [0.2, 0.25) is 0 Å². The van der Waals surface area contributed by atoms with Crippen LogP contribution in [0.15, 0.2) is 0 Å². The predicted octanol–water partition coefficient (Wildman–Crippen LogP) is 1.06. The highest BCUT2D eigenvalue weighted by Gasteiger charge is 2.13. The highest BCUT2D eigenvalue weighted by molar-refractivity contribution is 7.98. The molecule has 0 aliphatic carbocycles. The van der Waals surface area contributed by atoms with E-state index in [1.807, 2.05) is 13.2 Å². The summed E-state index contributed by atoms with van der Waals surface area (Å²) in [4.78, 5) is 11.5. The van der Waals surface area contributed by atoms with Gasteiger partial charge in [-0.05, 0) is 6.26 Å². The lowest BCUT2D eigenvalue weighted by molar-refractivity contribution is -0.118. The Hall–Kier alpha value is -0.820. The number of thioether (sulfide) groups is 1. The van der Waals surface area contributed by atoms with Crippen molar-refractivity contribution in [2.24, 2.45) is 5.92 Å². The highest BCUT2D eigenvalue weighted by atomic mass is 32.2. The summed E-state index contributed by atoms with van der Waals surface area (Å²) in [6.45, 7) is 1.87. The number of amides is 1. The van der Waals surface area contributed by atoms with Crippen LogP contribution in [0.3, 0.4) is 0 Å². The van der Waals surface area contributed by atoms with E-state index < -0.39 is 0 Å². The molecule has 1 amide bonds. The van der Waals surface area contributed by atoms with Crippen LogP contribution < -0.4 is 11.1 Å². The number of nitrogens with one attached hydrogen (secondary N) is 1. The number of nitrogens with zero attached hydrogens (tertiary/aromatic N) is 2. The molecular weight excluding hydrogens is 220 g/mol. The molecule has 0 fully saturated rings. The monoisotopic (exact) mass is 232 g/mol. The fourth-order valence-electron chi connectivity index (χ4n) is 0.839. The Bertz CT molecular complexity index is 314. The van der Waals surface area contributed by atoms with E-state index in [0.717, 1.165) is 5.75 Å². The van der Waals surface area contributed by atoms with Crippen molar-refractivity contribution < 1.29 is 4.79 Å². The molecule has 78 valence electrons. The zero-order valence-electron chi connectivity index (χ0n) is 7.98. The molecule has 1 aromatic heterocycles. The van der Waals surface area contributed by atoms with Crippen molar-refractivity contribution in [3.63, 3.8) is 0 Å². The fourth-order valence-corrected chi connectivity index (χ4v) is 2.00. The molecule has 0 aliphatic rings. The van der Waals surface area contributed by atoms with Crippen molar-refractivity contribution in [1.29, 1.82) is 0 Å². The van der Waals surface area contributed by atoms with Crippen LogP contribution in [0.5, 0.6) is 0 Å². The fraction of sp³-hybridized carbons (Fsp3) is 0.571. The van der Waals surface area contributed by atoms with E-state index in [1.165, 1.54) is 11.3 Å². The minimum Gasteiger partial charge on any atom is -0.374 e. The molecule has 0 spiro atoms. The van der Waals surface area contributed by atoms with Gasteiger partial charge in [-0.2, -0.15) is 11.8 Å². The summed E-state index contributed by atoms with van der Waals surface area (Å²) in [6, 6.07) is 0. The number of anilines is 2. The Morgan fingerprint density at radius 3 is 2.93 bits per heavy atom. The van der Waals surface area contributed by atoms with Gasteiger partial charge >= 0.3 is 0 Å². The summed E-state index contributed by atoms with van der Waals surface area (Å²) in [6.07, 6.45) is 1.96. The first-order valence-corrected chi connectivity index (χ1v) is 6.23.